The van der Waals surface area contributed by atoms with Gasteiger partial charge in [0, 0.05) is 12.1 Å². The Kier molecular flexibility index (Phi) is 3.01. The third kappa shape index (κ3) is 2.57. The van der Waals surface area contributed by atoms with Crippen LogP contribution in [0.15, 0.2) is 39.9 Å². The number of hydrogen-bond acceptors (Lipinski definition) is 3. The van der Waals surface area contributed by atoms with Crippen LogP contribution in [0.1, 0.15) is 0 Å². The lowest BCUT2D eigenvalue weighted by Gasteiger charge is -2.05. The van der Waals surface area contributed by atoms with Gasteiger partial charge in [-0.3, -0.25) is 14.3 Å². The fourth-order valence-electron chi connectivity index (χ4n) is 1.22. The van der Waals surface area contributed by atoms with Crippen LogP contribution in [0.3, 0.4) is 0 Å². The summed E-state index contributed by atoms with van der Waals surface area (Å²) in [5.41, 5.74) is -0.959. The van der Waals surface area contributed by atoms with Crippen LogP contribution in [-0.4, -0.2) is 9.55 Å². The van der Waals surface area contributed by atoms with Crippen molar-refractivity contribution in [3.05, 3.63) is 56.2 Å². The lowest BCUT2D eigenvalue weighted by atomic mass is 10.3. The molecule has 2 rings (SSSR count). The Bertz CT molecular complexity index is 612. The minimum atomic E-state index is -0.526. The highest BCUT2D eigenvalue weighted by molar-refractivity contribution is 6.30. The molecule has 0 fully saturated rings. The van der Waals surface area contributed by atoms with Crippen LogP contribution in [-0.2, 0) is 7.05 Å². The highest BCUT2D eigenvalue weighted by Gasteiger charge is 2.02. The molecular weight excluding hydrogens is 244 g/mol. The van der Waals surface area contributed by atoms with E-state index in [0.29, 0.717) is 10.8 Å². The van der Waals surface area contributed by atoms with Gasteiger partial charge in [0.05, 0.1) is 6.07 Å². The second-order valence-electron chi connectivity index (χ2n) is 3.39. The van der Waals surface area contributed by atoms with Crippen LogP contribution >= 0.6 is 11.6 Å². The summed E-state index contributed by atoms with van der Waals surface area (Å²) in [4.78, 5) is 25.1. The van der Waals surface area contributed by atoms with Crippen LogP contribution in [0, 0.1) is 0 Å². The summed E-state index contributed by atoms with van der Waals surface area (Å²) in [5.74, 6) is 0.582. The van der Waals surface area contributed by atoms with Crippen molar-refractivity contribution in [3.8, 4) is 11.6 Å². The van der Waals surface area contributed by atoms with Crippen molar-refractivity contribution in [3.63, 3.8) is 0 Å². The zero-order valence-electron chi connectivity index (χ0n) is 8.94. The molecule has 1 heterocycles. The third-order valence-corrected chi connectivity index (χ3v) is 2.41. The maximum atomic E-state index is 11.3. The molecule has 0 bridgehead atoms. The van der Waals surface area contributed by atoms with Gasteiger partial charge >= 0.3 is 5.69 Å². The molecule has 0 saturated heterocycles. The van der Waals surface area contributed by atoms with Crippen molar-refractivity contribution in [1.29, 1.82) is 0 Å². The number of nitrogens with zero attached hydrogens (tertiary/aromatic N) is 1. The van der Waals surface area contributed by atoms with Crippen LogP contribution in [0.2, 0.25) is 5.02 Å². The van der Waals surface area contributed by atoms with Gasteiger partial charge in [0.1, 0.15) is 5.75 Å². The molecule has 0 unspecified atom stereocenters. The smallest absolute Gasteiger partial charge is 0.330 e. The van der Waals surface area contributed by atoms with Crippen LogP contribution < -0.4 is 16.0 Å². The molecule has 2 aromatic rings. The summed E-state index contributed by atoms with van der Waals surface area (Å²) in [6, 6.07) is 7.78. The largest absolute Gasteiger partial charge is 0.441 e. The van der Waals surface area contributed by atoms with Crippen molar-refractivity contribution in [2.24, 2.45) is 7.05 Å². The summed E-state index contributed by atoms with van der Waals surface area (Å²) in [6.45, 7) is 0. The Morgan fingerprint density at radius 3 is 2.47 bits per heavy atom. The van der Waals surface area contributed by atoms with Crippen molar-refractivity contribution < 1.29 is 4.74 Å². The van der Waals surface area contributed by atoms with E-state index in [0.717, 1.165) is 4.57 Å². The number of ether oxygens (including phenoxy) is 1. The molecule has 0 atom stereocenters. The summed E-state index contributed by atoms with van der Waals surface area (Å²) in [7, 11) is 1.38. The van der Waals surface area contributed by atoms with Crippen LogP contribution in [0.4, 0.5) is 0 Å². The minimum absolute atomic E-state index is 0.0976. The fraction of sp³-hybridized carbons (Fsp3) is 0.0909. The maximum absolute atomic E-state index is 11.3. The molecule has 17 heavy (non-hydrogen) atoms. The molecule has 0 radical (unpaired) electrons. The van der Waals surface area contributed by atoms with Crippen molar-refractivity contribution in [2.75, 3.05) is 0 Å². The van der Waals surface area contributed by atoms with E-state index in [2.05, 4.69) is 4.98 Å². The first-order chi connectivity index (χ1) is 8.06. The van der Waals surface area contributed by atoms with Gasteiger partial charge in [0.15, 0.2) is 0 Å². The monoisotopic (exact) mass is 252 g/mol. The highest BCUT2D eigenvalue weighted by Crippen LogP contribution is 2.19. The molecule has 6 heteroatoms. The number of hydrogen-bond donors (Lipinski definition) is 1. The van der Waals surface area contributed by atoms with Gasteiger partial charge in [-0.25, -0.2) is 4.79 Å². The topological polar surface area (TPSA) is 64.1 Å². The van der Waals surface area contributed by atoms with Gasteiger partial charge in [-0.15, -0.1) is 0 Å². The molecule has 0 saturated carbocycles. The first-order valence-corrected chi connectivity index (χ1v) is 5.18. The average molecular weight is 253 g/mol. The van der Waals surface area contributed by atoms with E-state index < -0.39 is 11.2 Å². The number of H-pyrrole nitrogens is 1. The molecule has 1 aromatic carbocycles. The standard InChI is InChI=1S/C11H9ClN2O3/c1-14-10(15)6-9(13-11(14)16)17-8-4-2-7(12)3-5-8/h2-6H,1H3,(H,13,16). The summed E-state index contributed by atoms with van der Waals surface area (Å²) < 4.78 is 6.28. The zero-order valence-corrected chi connectivity index (χ0v) is 9.69. The number of halogens is 1. The fourth-order valence-corrected chi connectivity index (χ4v) is 1.34. The highest BCUT2D eigenvalue weighted by atomic mass is 35.5. The Morgan fingerprint density at radius 1 is 1.24 bits per heavy atom. The summed E-state index contributed by atoms with van der Waals surface area (Å²) in [5, 5.41) is 0.579. The number of rotatable bonds is 2. The number of aromatic amines is 1. The SMILES string of the molecule is Cn1c(=O)cc(Oc2ccc(Cl)cc2)[nH]c1=O. The van der Waals surface area contributed by atoms with E-state index in [4.69, 9.17) is 16.3 Å². The lowest BCUT2D eigenvalue weighted by molar-refractivity contribution is 0.454. The second-order valence-corrected chi connectivity index (χ2v) is 3.83. The lowest BCUT2D eigenvalue weighted by Crippen LogP contribution is -2.31. The molecule has 5 nitrogen and oxygen atoms in total. The van der Waals surface area contributed by atoms with Gasteiger partial charge in [0.2, 0.25) is 5.88 Å². The van der Waals surface area contributed by atoms with E-state index in [1.807, 2.05) is 0 Å². The molecule has 1 aromatic heterocycles. The number of nitrogens with one attached hydrogen (secondary N) is 1. The normalized spacial score (nSPS) is 10.2. The molecule has 0 spiro atoms. The van der Waals surface area contributed by atoms with Crippen molar-refractivity contribution >= 4 is 11.6 Å². The van der Waals surface area contributed by atoms with E-state index in [1.165, 1.54) is 13.1 Å². The average Bonchev–Trinajstić information content (AvgIpc) is 2.29. The molecule has 0 amide bonds. The predicted octanol–water partition coefficient (Wildman–Crippen LogP) is 1.52. The van der Waals surface area contributed by atoms with E-state index in [1.54, 1.807) is 24.3 Å². The maximum Gasteiger partial charge on any atom is 0.330 e. The van der Waals surface area contributed by atoms with Gasteiger partial charge < -0.3 is 4.74 Å². The quantitative estimate of drug-likeness (QED) is 0.881. The second kappa shape index (κ2) is 4.47. The molecule has 0 aliphatic carbocycles. The molecule has 0 aliphatic heterocycles. The van der Waals surface area contributed by atoms with Gasteiger partial charge in [-0.1, -0.05) is 11.6 Å². The van der Waals surface area contributed by atoms with Gasteiger partial charge in [-0.05, 0) is 24.3 Å². The van der Waals surface area contributed by atoms with E-state index >= 15 is 0 Å². The zero-order chi connectivity index (χ0) is 12.4. The third-order valence-electron chi connectivity index (χ3n) is 2.16. The van der Waals surface area contributed by atoms with Gasteiger partial charge in [-0.2, -0.15) is 0 Å². The van der Waals surface area contributed by atoms with Crippen molar-refractivity contribution in [1.82, 2.24) is 9.55 Å². The molecule has 1 N–H and O–H groups in total. The summed E-state index contributed by atoms with van der Waals surface area (Å²) in [6.07, 6.45) is 0. The van der Waals surface area contributed by atoms with Crippen LogP contribution in [0.5, 0.6) is 11.6 Å². The van der Waals surface area contributed by atoms with Crippen LogP contribution in [0.25, 0.3) is 0 Å². The van der Waals surface area contributed by atoms with Gasteiger partial charge in [0.25, 0.3) is 5.56 Å². The first-order valence-electron chi connectivity index (χ1n) is 4.80. The predicted molar refractivity (Wildman–Crippen MR) is 63.8 cm³/mol. The molecule has 88 valence electrons. The van der Waals surface area contributed by atoms with Crippen molar-refractivity contribution in [2.45, 2.75) is 0 Å². The Labute approximate surface area is 101 Å². The first kappa shape index (κ1) is 11.5. The Morgan fingerprint density at radius 2 is 1.88 bits per heavy atom. The molecular formula is C11H9ClN2O3. The Hall–Kier alpha value is -2.01. The molecule has 0 aliphatic rings. The Balaban J connectivity index is 2.34. The van der Waals surface area contributed by atoms with E-state index in [9.17, 15) is 9.59 Å². The summed E-state index contributed by atoms with van der Waals surface area (Å²) >= 11 is 5.72. The number of aromatic nitrogens is 2. The number of benzene rings is 1. The van der Waals surface area contributed by atoms with E-state index in [-0.39, 0.29) is 5.88 Å². The minimum Gasteiger partial charge on any atom is -0.441 e.